The first-order chi connectivity index (χ1) is 8.49. The van der Waals surface area contributed by atoms with Crippen molar-refractivity contribution < 1.29 is 51.3 Å². The smallest absolute Gasteiger partial charge is 0.323 e. The quantitative estimate of drug-likeness (QED) is 0.624. The molecule has 0 saturated carbocycles. The van der Waals surface area contributed by atoms with Crippen LogP contribution in [0.25, 0.3) is 0 Å². The van der Waals surface area contributed by atoms with Crippen LogP contribution in [-0.4, -0.2) is 18.1 Å². The van der Waals surface area contributed by atoms with Gasteiger partial charge in [0, 0.05) is 32.7 Å². The molecule has 19 heavy (non-hydrogen) atoms. The SMILES string of the molecule is CC(C)OC(=O)C(C)N[PH](=O)Oc1ccccc1.[Y]. The molecule has 103 valence electrons. The molecule has 2 atom stereocenters. The summed E-state index contributed by atoms with van der Waals surface area (Å²) in [5, 5.41) is 2.58. The standard InChI is InChI=1S/C12H18NO4P.Y/c1-9(2)16-12(14)10(3)13-18(15)17-11-7-5-4-6-8-11;/h4-10,18H,1-3H3,(H,13,15);. The van der Waals surface area contributed by atoms with Crippen molar-refractivity contribution in [3.63, 3.8) is 0 Å². The van der Waals surface area contributed by atoms with E-state index in [1.165, 1.54) is 0 Å². The van der Waals surface area contributed by atoms with Crippen molar-refractivity contribution in [3.05, 3.63) is 30.3 Å². The molecular weight excluding hydrogens is 342 g/mol. The summed E-state index contributed by atoms with van der Waals surface area (Å²) in [7, 11) is -2.52. The Labute approximate surface area is 139 Å². The fourth-order valence-electron chi connectivity index (χ4n) is 1.20. The van der Waals surface area contributed by atoms with Crippen LogP contribution in [-0.2, 0) is 46.8 Å². The normalized spacial score (nSPS) is 13.3. The summed E-state index contributed by atoms with van der Waals surface area (Å²) >= 11 is 0. The first-order valence-electron chi connectivity index (χ1n) is 5.73. The molecule has 1 aromatic rings. The molecule has 0 aliphatic heterocycles. The van der Waals surface area contributed by atoms with Gasteiger partial charge in [0.2, 0.25) is 0 Å². The van der Waals surface area contributed by atoms with E-state index in [0.717, 1.165) is 0 Å². The summed E-state index contributed by atoms with van der Waals surface area (Å²) in [5.41, 5.74) is 0. The molecule has 0 bridgehead atoms. The first kappa shape index (κ1) is 18.8. The molecule has 0 aliphatic rings. The van der Waals surface area contributed by atoms with Crippen LogP contribution < -0.4 is 9.61 Å². The van der Waals surface area contributed by atoms with E-state index < -0.39 is 20.2 Å². The molecule has 0 spiro atoms. The second-order valence-corrected chi connectivity index (χ2v) is 5.12. The van der Waals surface area contributed by atoms with Gasteiger partial charge in [0.1, 0.15) is 11.8 Å². The Bertz CT molecular complexity index is 413. The molecule has 2 unspecified atom stereocenters. The van der Waals surface area contributed by atoms with Crippen LogP contribution in [0.1, 0.15) is 20.8 Å². The van der Waals surface area contributed by atoms with Crippen LogP contribution in [0.15, 0.2) is 30.3 Å². The van der Waals surface area contributed by atoms with Crippen LogP contribution in [0, 0.1) is 0 Å². The van der Waals surface area contributed by atoms with E-state index in [2.05, 4.69) is 5.09 Å². The Kier molecular flexibility index (Phi) is 9.54. The third-order valence-electron chi connectivity index (χ3n) is 1.99. The minimum absolute atomic E-state index is 0. The van der Waals surface area contributed by atoms with E-state index in [0.29, 0.717) is 5.75 Å². The first-order valence-corrected chi connectivity index (χ1v) is 7.04. The van der Waals surface area contributed by atoms with Gasteiger partial charge in [-0.15, -0.1) is 0 Å². The van der Waals surface area contributed by atoms with Gasteiger partial charge in [-0.05, 0) is 32.9 Å². The van der Waals surface area contributed by atoms with Gasteiger partial charge in [-0.25, -0.2) is 5.09 Å². The van der Waals surface area contributed by atoms with E-state index in [4.69, 9.17) is 9.26 Å². The van der Waals surface area contributed by atoms with Gasteiger partial charge < -0.3 is 9.26 Å². The molecule has 1 N–H and O–H groups in total. The Morgan fingerprint density at radius 1 is 1.21 bits per heavy atom. The summed E-state index contributed by atoms with van der Waals surface area (Å²) in [6.07, 6.45) is -0.195. The molecule has 1 rings (SSSR count). The summed E-state index contributed by atoms with van der Waals surface area (Å²) < 4.78 is 21.8. The number of hydrogen-bond acceptors (Lipinski definition) is 4. The monoisotopic (exact) mass is 360 g/mol. The molecule has 1 aromatic carbocycles. The fraction of sp³-hybridized carbons (Fsp3) is 0.417. The number of ether oxygens (including phenoxy) is 1. The molecule has 0 saturated heterocycles. The number of benzene rings is 1. The van der Waals surface area contributed by atoms with Crippen LogP contribution in [0.4, 0.5) is 0 Å². The zero-order chi connectivity index (χ0) is 13.5. The van der Waals surface area contributed by atoms with Gasteiger partial charge >= 0.3 is 14.1 Å². The number of esters is 1. The predicted molar refractivity (Wildman–Crippen MR) is 69.9 cm³/mol. The van der Waals surface area contributed by atoms with Crippen LogP contribution in [0.3, 0.4) is 0 Å². The number of para-hydroxylation sites is 1. The largest absolute Gasteiger partial charge is 0.462 e. The van der Waals surface area contributed by atoms with Gasteiger partial charge in [-0.2, -0.15) is 0 Å². The van der Waals surface area contributed by atoms with Crippen molar-refractivity contribution in [2.45, 2.75) is 32.9 Å². The second kappa shape index (κ2) is 9.65. The van der Waals surface area contributed by atoms with Crippen LogP contribution >= 0.6 is 8.18 Å². The van der Waals surface area contributed by atoms with Gasteiger partial charge in [-0.3, -0.25) is 9.36 Å². The van der Waals surface area contributed by atoms with E-state index in [1.807, 2.05) is 6.07 Å². The van der Waals surface area contributed by atoms with Crippen LogP contribution in [0.2, 0.25) is 0 Å². The van der Waals surface area contributed by atoms with Gasteiger partial charge in [0.15, 0.2) is 0 Å². The van der Waals surface area contributed by atoms with E-state index >= 15 is 0 Å². The summed E-state index contributed by atoms with van der Waals surface area (Å²) in [6.45, 7) is 5.10. The van der Waals surface area contributed by atoms with E-state index in [1.54, 1.807) is 45.0 Å². The summed E-state index contributed by atoms with van der Waals surface area (Å²) in [6, 6.07) is 8.12. The number of rotatable bonds is 6. The molecular formula is C12H18NO4PY. The molecule has 7 heteroatoms. The third-order valence-corrected chi connectivity index (χ3v) is 3.08. The maximum absolute atomic E-state index is 11.7. The maximum Gasteiger partial charge on any atom is 0.323 e. The number of hydrogen-bond donors (Lipinski definition) is 1. The van der Waals surface area contributed by atoms with Crippen molar-refractivity contribution in [3.8, 4) is 5.75 Å². The average Bonchev–Trinajstić information content (AvgIpc) is 2.29. The summed E-state index contributed by atoms with van der Waals surface area (Å²) in [5.74, 6) is 0.0540. The maximum atomic E-state index is 11.7. The molecule has 0 aliphatic carbocycles. The number of carbonyl (C=O) groups excluding carboxylic acids is 1. The number of carbonyl (C=O) groups is 1. The van der Waals surface area contributed by atoms with Crippen molar-refractivity contribution in [2.24, 2.45) is 0 Å². The van der Waals surface area contributed by atoms with Gasteiger partial charge in [-0.1, -0.05) is 18.2 Å². The Morgan fingerprint density at radius 2 is 1.79 bits per heavy atom. The number of nitrogens with one attached hydrogen (secondary N) is 1. The van der Waals surface area contributed by atoms with Crippen molar-refractivity contribution in [2.75, 3.05) is 0 Å². The zero-order valence-corrected chi connectivity index (χ0v) is 15.1. The minimum atomic E-state index is -2.52. The molecule has 1 radical (unpaired) electrons. The van der Waals surface area contributed by atoms with Crippen molar-refractivity contribution >= 4 is 14.1 Å². The van der Waals surface area contributed by atoms with E-state index in [-0.39, 0.29) is 38.8 Å². The fourth-order valence-corrected chi connectivity index (χ4v) is 2.08. The van der Waals surface area contributed by atoms with Gasteiger partial charge in [0.25, 0.3) is 0 Å². The second-order valence-electron chi connectivity index (χ2n) is 4.05. The minimum Gasteiger partial charge on any atom is -0.462 e. The molecule has 0 fully saturated rings. The molecule has 0 amide bonds. The Balaban J connectivity index is 0.00000324. The van der Waals surface area contributed by atoms with Crippen molar-refractivity contribution in [1.82, 2.24) is 5.09 Å². The molecule has 5 nitrogen and oxygen atoms in total. The molecule has 0 heterocycles. The van der Waals surface area contributed by atoms with Crippen LogP contribution in [0.5, 0.6) is 5.75 Å². The summed E-state index contributed by atoms with van der Waals surface area (Å²) in [4.78, 5) is 11.5. The van der Waals surface area contributed by atoms with E-state index in [9.17, 15) is 9.36 Å². The molecule has 0 aromatic heterocycles. The predicted octanol–water partition coefficient (Wildman–Crippen LogP) is 2.38. The zero-order valence-electron chi connectivity index (χ0n) is 11.3. The van der Waals surface area contributed by atoms with Gasteiger partial charge in [0.05, 0.1) is 6.10 Å². The average molecular weight is 360 g/mol. The third kappa shape index (κ3) is 7.83. The Hall–Kier alpha value is -0.216. The topological polar surface area (TPSA) is 64.6 Å². The Morgan fingerprint density at radius 3 is 2.32 bits per heavy atom. The van der Waals surface area contributed by atoms with Crippen molar-refractivity contribution in [1.29, 1.82) is 0 Å².